The minimum atomic E-state index is 0.312. The van der Waals surface area contributed by atoms with Gasteiger partial charge in [-0.25, -0.2) is 0 Å². The summed E-state index contributed by atoms with van der Waals surface area (Å²) >= 11 is 0. The maximum atomic E-state index is 5.85. The lowest BCUT2D eigenvalue weighted by atomic mass is 9.96. The molecule has 0 saturated carbocycles. The molecule has 102 valence electrons. The van der Waals surface area contributed by atoms with Crippen LogP contribution in [0.25, 0.3) is 0 Å². The van der Waals surface area contributed by atoms with Crippen molar-refractivity contribution in [3.63, 3.8) is 0 Å². The van der Waals surface area contributed by atoms with Gasteiger partial charge in [-0.1, -0.05) is 25.4 Å². The Morgan fingerprint density at radius 3 is 2.83 bits per heavy atom. The van der Waals surface area contributed by atoms with E-state index in [1.54, 1.807) is 0 Å². The van der Waals surface area contributed by atoms with Crippen molar-refractivity contribution in [3.8, 4) is 0 Å². The third-order valence-corrected chi connectivity index (χ3v) is 3.78. The lowest BCUT2D eigenvalue weighted by Crippen LogP contribution is -2.48. The van der Waals surface area contributed by atoms with Crippen LogP contribution in [0.15, 0.2) is 4.52 Å². The Balaban J connectivity index is 2.05. The highest BCUT2D eigenvalue weighted by atomic mass is 16.5. The fraction of sp³-hybridized carbons (Fsp3) is 0.846. The second kappa shape index (κ2) is 5.80. The summed E-state index contributed by atoms with van der Waals surface area (Å²) in [6.45, 7) is 7.82. The molecule has 2 N–H and O–H groups in total. The van der Waals surface area contributed by atoms with Gasteiger partial charge in [0.1, 0.15) is 0 Å². The Hall–Kier alpha value is -0.940. The Morgan fingerprint density at radius 1 is 1.44 bits per heavy atom. The molecule has 5 nitrogen and oxygen atoms in total. The fourth-order valence-electron chi connectivity index (χ4n) is 2.60. The normalized spacial score (nSPS) is 25.8. The van der Waals surface area contributed by atoms with Gasteiger partial charge in [-0.3, -0.25) is 4.90 Å². The third kappa shape index (κ3) is 2.90. The molecule has 0 radical (unpaired) electrons. The molecule has 0 bridgehead atoms. The first-order valence-corrected chi connectivity index (χ1v) is 6.90. The molecular weight excluding hydrogens is 228 g/mol. The number of nitrogens with two attached hydrogens (primary N) is 1. The molecule has 18 heavy (non-hydrogen) atoms. The molecule has 0 amide bonds. The van der Waals surface area contributed by atoms with E-state index in [0.717, 1.165) is 12.4 Å². The van der Waals surface area contributed by atoms with Crippen LogP contribution < -0.4 is 5.73 Å². The van der Waals surface area contributed by atoms with Crippen molar-refractivity contribution in [2.75, 3.05) is 6.54 Å². The van der Waals surface area contributed by atoms with Crippen molar-refractivity contribution >= 4 is 0 Å². The molecule has 1 saturated heterocycles. The molecule has 2 rings (SSSR count). The van der Waals surface area contributed by atoms with E-state index in [1.807, 2.05) is 0 Å². The van der Waals surface area contributed by atoms with E-state index in [4.69, 9.17) is 10.3 Å². The molecule has 5 heteroatoms. The highest BCUT2D eigenvalue weighted by molar-refractivity contribution is 4.93. The zero-order chi connectivity index (χ0) is 13.1. The first-order chi connectivity index (χ1) is 8.61. The molecule has 2 atom stereocenters. The fourth-order valence-corrected chi connectivity index (χ4v) is 2.60. The Labute approximate surface area is 109 Å². The van der Waals surface area contributed by atoms with Crippen LogP contribution in [0.1, 0.15) is 57.7 Å². The standard InChI is InChI=1S/C13H24N4O/c1-9(2)13-15-12(18-16-13)8-17-10(3)5-4-6-11(17)7-14/h9-11H,4-8,14H2,1-3H3. The van der Waals surface area contributed by atoms with Crippen molar-refractivity contribution in [2.45, 2.75) is 64.6 Å². The maximum Gasteiger partial charge on any atom is 0.240 e. The van der Waals surface area contributed by atoms with Crippen molar-refractivity contribution in [1.82, 2.24) is 15.0 Å². The number of rotatable bonds is 4. The Bertz CT molecular complexity index is 377. The summed E-state index contributed by atoms with van der Waals surface area (Å²) < 4.78 is 5.33. The van der Waals surface area contributed by atoms with E-state index in [2.05, 4.69) is 35.8 Å². The summed E-state index contributed by atoms with van der Waals surface area (Å²) in [7, 11) is 0. The van der Waals surface area contributed by atoms with Crippen molar-refractivity contribution in [3.05, 3.63) is 11.7 Å². The summed E-state index contributed by atoms with van der Waals surface area (Å²) in [6, 6.07) is 0.991. The van der Waals surface area contributed by atoms with Gasteiger partial charge in [0.2, 0.25) is 5.89 Å². The predicted octanol–water partition coefficient (Wildman–Crippen LogP) is 1.89. The molecule has 1 aliphatic heterocycles. The van der Waals surface area contributed by atoms with E-state index in [1.165, 1.54) is 19.3 Å². The summed E-state index contributed by atoms with van der Waals surface area (Å²) in [5.41, 5.74) is 5.85. The quantitative estimate of drug-likeness (QED) is 0.886. The van der Waals surface area contributed by atoms with E-state index >= 15 is 0 Å². The lowest BCUT2D eigenvalue weighted by molar-refractivity contribution is 0.0770. The highest BCUT2D eigenvalue weighted by Gasteiger charge is 2.28. The van der Waals surface area contributed by atoms with Gasteiger partial charge in [-0.15, -0.1) is 0 Å². The predicted molar refractivity (Wildman–Crippen MR) is 70.1 cm³/mol. The second-order valence-corrected chi connectivity index (χ2v) is 5.54. The number of piperidine rings is 1. The minimum Gasteiger partial charge on any atom is -0.338 e. The van der Waals surface area contributed by atoms with Crippen LogP contribution in [0.2, 0.25) is 0 Å². The molecule has 2 heterocycles. The number of aromatic nitrogens is 2. The van der Waals surface area contributed by atoms with Crippen LogP contribution in [-0.2, 0) is 6.54 Å². The maximum absolute atomic E-state index is 5.85. The Kier molecular flexibility index (Phi) is 4.35. The lowest BCUT2D eigenvalue weighted by Gasteiger charge is -2.39. The van der Waals surface area contributed by atoms with Crippen molar-refractivity contribution in [2.24, 2.45) is 5.73 Å². The monoisotopic (exact) mass is 252 g/mol. The molecular formula is C13H24N4O. The highest BCUT2D eigenvalue weighted by Crippen LogP contribution is 2.24. The molecule has 0 spiro atoms. The van der Waals surface area contributed by atoms with Gasteiger partial charge in [-0.2, -0.15) is 4.98 Å². The van der Waals surface area contributed by atoms with E-state index < -0.39 is 0 Å². The molecule has 1 fully saturated rings. The van der Waals surface area contributed by atoms with Gasteiger partial charge in [-0.05, 0) is 19.8 Å². The SMILES string of the molecule is CC(C)c1noc(CN2C(C)CCCC2CN)n1. The number of hydrogen-bond donors (Lipinski definition) is 1. The summed E-state index contributed by atoms with van der Waals surface area (Å²) in [6.07, 6.45) is 3.66. The van der Waals surface area contributed by atoms with Crippen LogP contribution >= 0.6 is 0 Å². The smallest absolute Gasteiger partial charge is 0.240 e. The molecule has 2 unspecified atom stereocenters. The summed E-state index contributed by atoms with van der Waals surface area (Å²) in [4.78, 5) is 6.85. The molecule has 0 aromatic carbocycles. The molecule has 1 aromatic heterocycles. The topological polar surface area (TPSA) is 68.2 Å². The van der Waals surface area contributed by atoms with Crippen molar-refractivity contribution < 1.29 is 4.52 Å². The first kappa shape index (κ1) is 13.5. The van der Waals surface area contributed by atoms with Gasteiger partial charge in [0, 0.05) is 24.5 Å². The van der Waals surface area contributed by atoms with Gasteiger partial charge >= 0.3 is 0 Å². The van der Waals surface area contributed by atoms with Crippen LogP contribution in [0, 0.1) is 0 Å². The van der Waals surface area contributed by atoms with Crippen LogP contribution in [0.4, 0.5) is 0 Å². The largest absolute Gasteiger partial charge is 0.338 e. The van der Waals surface area contributed by atoms with E-state index in [9.17, 15) is 0 Å². The average molecular weight is 252 g/mol. The number of hydrogen-bond acceptors (Lipinski definition) is 5. The number of nitrogens with zero attached hydrogens (tertiary/aromatic N) is 3. The molecule has 1 aromatic rings. The second-order valence-electron chi connectivity index (χ2n) is 5.54. The van der Waals surface area contributed by atoms with Gasteiger partial charge in [0.25, 0.3) is 0 Å². The zero-order valence-corrected chi connectivity index (χ0v) is 11.6. The summed E-state index contributed by atoms with van der Waals surface area (Å²) in [5, 5.41) is 4.01. The van der Waals surface area contributed by atoms with Gasteiger partial charge < -0.3 is 10.3 Å². The van der Waals surface area contributed by atoms with E-state index in [-0.39, 0.29) is 0 Å². The molecule has 0 aliphatic carbocycles. The van der Waals surface area contributed by atoms with Gasteiger partial charge in [0.15, 0.2) is 5.82 Å². The van der Waals surface area contributed by atoms with Crippen LogP contribution in [0.5, 0.6) is 0 Å². The van der Waals surface area contributed by atoms with Crippen molar-refractivity contribution in [1.29, 1.82) is 0 Å². The minimum absolute atomic E-state index is 0.312. The number of likely N-dealkylation sites (tertiary alicyclic amines) is 1. The third-order valence-electron chi connectivity index (χ3n) is 3.78. The van der Waals surface area contributed by atoms with Crippen LogP contribution in [0.3, 0.4) is 0 Å². The van der Waals surface area contributed by atoms with E-state index in [0.29, 0.717) is 30.4 Å². The zero-order valence-electron chi connectivity index (χ0n) is 11.6. The van der Waals surface area contributed by atoms with Gasteiger partial charge in [0.05, 0.1) is 6.54 Å². The Morgan fingerprint density at radius 2 is 2.22 bits per heavy atom. The average Bonchev–Trinajstić information content (AvgIpc) is 2.80. The first-order valence-electron chi connectivity index (χ1n) is 6.90. The van der Waals surface area contributed by atoms with Crippen LogP contribution in [-0.4, -0.2) is 33.7 Å². The summed E-state index contributed by atoms with van der Waals surface area (Å²) in [5.74, 6) is 1.82. The molecule has 1 aliphatic rings.